The highest BCUT2D eigenvalue weighted by Crippen LogP contribution is 2.18. The monoisotopic (exact) mass is 303 g/mol. The number of anilines is 2. The van der Waals surface area contributed by atoms with Gasteiger partial charge in [0.2, 0.25) is 17.2 Å². The standard InChI is InChI=1S/C15H18ClN5/c16-13-18-14(17-9-8-12-6-2-1-3-7-12)20-15(19-13)21-10-4-5-11-21/h1-3,6-7H,4-5,8-11H2,(H,17,18,19,20). The smallest absolute Gasteiger partial charge is 0.231 e. The van der Waals surface area contributed by atoms with E-state index in [2.05, 4.69) is 37.3 Å². The van der Waals surface area contributed by atoms with Gasteiger partial charge in [0.15, 0.2) is 0 Å². The van der Waals surface area contributed by atoms with Gasteiger partial charge >= 0.3 is 0 Å². The minimum absolute atomic E-state index is 0.245. The maximum absolute atomic E-state index is 6.00. The van der Waals surface area contributed by atoms with E-state index in [-0.39, 0.29) is 5.28 Å². The largest absolute Gasteiger partial charge is 0.354 e. The van der Waals surface area contributed by atoms with E-state index < -0.39 is 0 Å². The Balaban J connectivity index is 1.62. The molecule has 110 valence electrons. The molecule has 0 aliphatic carbocycles. The molecule has 1 aliphatic heterocycles. The molecule has 2 aromatic rings. The quantitative estimate of drug-likeness (QED) is 0.920. The Hall–Kier alpha value is -1.88. The first-order chi connectivity index (χ1) is 10.3. The van der Waals surface area contributed by atoms with Crippen LogP contribution in [0.1, 0.15) is 18.4 Å². The zero-order valence-corrected chi connectivity index (χ0v) is 12.6. The van der Waals surface area contributed by atoms with Crippen LogP contribution in [-0.4, -0.2) is 34.6 Å². The molecule has 2 heterocycles. The summed E-state index contributed by atoms with van der Waals surface area (Å²) in [4.78, 5) is 15.0. The van der Waals surface area contributed by atoms with Crippen molar-refractivity contribution in [1.29, 1.82) is 0 Å². The van der Waals surface area contributed by atoms with Crippen molar-refractivity contribution >= 4 is 23.5 Å². The van der Waals surface area contributed by atoms with Crippen molar-refractivity contribution < 1.29 is 0 Å². The highest BCUT2D eigenvalue weighted by molar-refractivity contribution is 6.28. The molecule has 0 radical (unpaired) electrons. The number of hydrogen-bond acceptors (Lipinski definition) is 5. The number of rotatable bonds is 5. The summed E-state index contributed by atoms with van der Waals surface area (Å²) in [6.07, 6.45) is 3.28. The molecule has 1 aliphatic rings. The van der Waals surface area contributed by atoms with Gasteiger partial charge in [-0.3, -0.25) is 0 Å². The average molecular weight is 304 g/mol. The van der Waals surface area contributed by atoms with Crippen molar-refractivity contribution in [2.75, 3.05) is 29.9 Å². The fraction of sp³-hybridized carbons (Fsp3) is 0.400. The summed E-state index contributed by atoms with van der Waals surface area (Å²) < 4.78 is 0. The van der Waals surface area contributed by atoms with Crippen LogP contribution in [0.15, 0.2) is 30.3 Å². The molecule has 1 fully saturated rings. The second kappa shape index (κ2) is 6.72. The molecule has 1 aromatic carbocycles. The topological polar surface area (TPSA) is 53.9 Å². The molecular weight excluding hydrogens is 286 g/mol. The molecular formula is C15H18ClN5. The fourth-order valence-corrected chi connectivity index (χ4v) is 2.60. The third-order valence-electron chi connectivity index (χ3n) is 3.52. The van der Waals surface area contributed by atoms with Crippen molar-refractivity contribution in [3.05, 3.63) is 41.2 Å². The first-order valence-electron chi connectivity index (χ1n) is 7.25. The number of nitrogens with zero attached hydrogens (tertiary/aromatic N) is 4. The molecule has 0 spiro atoms. The minimum atomic E-state index is 0.245. The van der Waals surface area contributed by atoms with Crippen LogP contribution in [0, 0.1) is 0 Å². The van der Waals surface area contributed by atoms with Crippen LogP contribution in [0.25, 0.3) is 0 Å². The van der Waals surface area contributed by atoms with Gasteiger partial charge in [0.1, 0.15) is 0 Å². The normalized spacial score (nSPS) is 14.4. The second-order valence-corrected chi connectivity index (χ2v) is 5.42. The van der Waals surface area contributed by atoms with Crippen LogP contribution in [0.2, 0.25) is 5.28 Å². The van der Waals surface area contributed by atoms with Gasteiger partial charge in [-0.05, 0) is 36.4 Å². The van der Waals surface area contributed by atoms with Crippen LogP contribution >= 0.6 is 11.6 Å². The number of aromatic nitrogens is 3. The molecule has 6 heteroatoms. The van der Waals surface area contributed by atoms with E-state index in [0.29, 0.717) is 11.9 Å². The van der Waals surface area contributed by atoms with Gasteiger partial charge in [-0.15, -0.1) is 0 Å². The van der Waals surface area contributed by atoms with Crippen molar-refractivity contribution in [2.24, 2.45) is 0 Å². The van der Waals surface area contributed by atoms with Crippen LogP contribution in [0.3, 0.4) is 0 Å². The maximum Gasteiger partial charge on any atom is 0.231 e. The summed E-state index contributed by atoms with van der Waals surface area (Å²) in [5.41, 5.74) is 1.28. The first kappa shape index (κ1) is 14.1. The Morgan fingerprint density at radius 1 is 1.05 bits per heavy atom. The van der Waals surface area contributed by atoms with Crippen LogP contribution < -0.4 is 10.2 Å². The van der Waals surface area contributed by atoms with Crippen molar-refractivity contribution in [1.82, 2.24) is 15.0 Å². The molecule has 0 amide bonds. The maximum atomic E-state index is 6.00. The molecule has 3 rings (SSSR count). The van der Waals surface area contributed by atoms with E-state index in [1.807, 2.05) is 18.2 Å². The van der Waals surface area contributed by atoms with Gasteiger partial charge in [0, 0.05) is 19.6 Å². The zero-order valence-electron chi connectivity index (χ0n) is 11.8. The average Bonchev–Trinajstić information content (AvgIpc) is 3.02. The van der Waals surface area contributed by atoms with E-state index in [1.54, 1.807) is 0 Å². The van der Waals surface area contributed by atoms with Crippen LogP contribution in [0.5, 0.6) is 0 Å². The lowest BCUT2D eigenvalue weighted by Crippen LogP contribution is -2.21. The fourth-order valence-electron chi connectivity index (χ4n) is 2.44. The predicted octanol–water partition coefficient (Wildman–Crippen LogP) is 2.78. The lowest BCUT2D eigenvalue weighted by atomic mass is 10.1. The number of halogens is 1. The molecule has 0 saturated carbocycles. The summed E-state index contributed by atoms with van der Waals surface area (Å²) in [7, 11) is 0. The number of benzene rings is 1. The molecule has 5 nitrogen and oxygen atoms in total. The highest BCUT2D eigenvalue weighted by Gasteiger charge is 2.16. The van der Waals surface area contributed by atoms with Crippen LogP contribution in [0.4, 0.5) is 11.9 Å². The summed E-state index contributed by atoms with van der Waals surface area (Å²) >= 11 is 6.00. The van der Waals surface area contributed by atoms with E-state index in [9.17, 15) is 0 Å². The van der Waals surface area contributed by atoms with Gasteiger partial charge in [-0.25, -0.2) is 0 Å². The van der Waals surface area contributed by atoms with Gasteiger partial charge in [-0.1, -0.05) is 30.3 Å². The lowest BCUT2D eigenvalue weighted by Gasteiger charge is -2.15. The van der Waals surface area contributed by atoms with Crippen LogP contribution in [-0.2, 0) is 6.42 Å². The summed E-state index contributed by atoms with van der Waals surface area (Å²) in [5.74, 6) is 1.22. The zero-order chi connectivity index (χ0) is 14.5. The third kappa shape index (κ3) is 3.82. The van der Waals surface area contributed by atoms with E-state index in [0.717, 1.165) is 26.1 Å². The second-order valence-electron chi connectivity index (χ2n) is 5.08. The Morgan fingerprint density at radius 3 is 2.57 bits per heavy atom. The predicted molar refractivity (Wildman–Crippen MR) is 84.9 cm³/mol. The molecule has 1 saturated heterocycles. The van der Waals surface area contributed by atoms with Crippen molar-refractivity contribution in [3.8, 4) is 0 Å². The van der Waals surface area contributed by atoms with E-state index >= 15 is 0 Å². The Morgan fingerprint density at radius 2 is 1.81 bits per heavy atom. The Bertz CT molecular complexity index is 584. The van der Waals surface area contributed by atoms with Gasteiger partial charge in [-0.2, -0.15) is 15.0 Å². The SMILES string of the molecule is Clc1nc(NCCc2ccccc2)nc(N2CCCC2)n1. The van der Waals surface area contributed by atoms with E-state index in [1.165, 1.54) is 18.4 Å². The van der Waals surface area contributed by atoms with Gasteiger partial charge < -0.3 is 10.2 Å². The number of hydrogen-bond donors (Lipinski definition) is 1. The van der Waals surface area contributed by atoms with Crippen molar-refractivity contribution in [2.45, 2.75) is 19.3 Å². The highest BCUT2D eigenvalue weighted by atomic mass is 35.5. The minimum Gasteiger partial charge on any atom is -0.354 e. The lowest BCUT2D eigenvalue weighted by molar-refractivity contribution is 0.873. The number of nitrogens with one attached hydrogen (secondary N) is 1. The molecule has 0 atom stereocenters. The molecule has 0 unspecified atom stereocenters. The Kier molecular flexibility index (Phi) is 4.50. The summed E-state index contributed by atoms with van der Waals surface area (Å²) in [6, 6.07) is 10.3. The first-order valence-corrected chi connectivity index (χ1v) is 7.63. The van der Waals surface area contributed by atoms with Gasteiger partial charge in [0.25, 0.3) is 0 Å². The molecule has 21 heavy (non-hydrogen) atoms. The van der Waals surface area contributed by atoms with Gasteiger partial charge in [0.05, 0.1) is 0 Å². The molecule has 1 N–H and O–H groups in total. The summed E-state index contributed by atoms with van der Waals surface area (Å²) in [6.45, 7) is 2.75. The third-order valence-corrected chi connectivity index (χ3v) is 3.69. The molecule has 0 bridgehead atoms. The summed E-state index contributed by atoms with van der Waals surface area (Å²) in [5, 5.41) is 3.47. The Labute approximate surface area is 129 Å². The van der Waals surface area contributed by atoms with E-state index in [4.69, 9.17) is 11.6 Å². The molecule has 1 aromatic heterocycles. The van der Waals surface area contributed by atoms with Crippen molar-refractivity contribution in [3.63, 3.8) is 0 Å².